The average Bonchev–Trinajstić information content (AvgIpc) is 3.16. The molecule has 0 aliphatic carbocycles. The molecule has 0 saturated carbocycles. The zero-order chi connectivity index (χ0) is 20.1. The van der Waals surface area contributed by atoms with Gasteiger partial charge in [-0.1, -0.05) is 59.9 Å². The second kappa shape index (κ2) is 8.45. The van der Waals surface area contributed by atoms with Crippen LogP contribution in [-0.2, 0) is 0 Å². The molecule has 142 valence electrons. The highest BCUT2D eigenvalue weighted by atomic mass is 32.1. The lowest BCUT2D eigenvalue weighted by molar-refractivity contribution is -0.662. The van der Waals surface area contributed by atoms with Crippen LogP contribution in [0.2, 0.25) is 0 Å². The molecule has 0 amide bonds. The average molecular weight is 400 g/mol. The number of rotatable bonds is 5. The van der Waals surface area contributed by atoms with Crippen molar-refractivity contribution in [2.75, 3.05) is 0 Å². The lowest BCUT2D eigenvalue weighted by Crippen LogP contribution is -2.39. The summed E-state index contributed by atoms with van der Waals surface area (Å²) in [5.74, 6) is 0. The molecule has 4 aromatic rings. The Hall–Kier alpha value is -3.84. The maximum absolute atomic E-state index is 10.8. The van der Waals surface area contributed by atoms with E-state index in [1.54, 1.807) is 12.1 Å². The maximum atomic E-state index is 10.8. The summed E-state index contributed by atoms with van der Waals surface area (Å²) < 4.78 is 1.84. The van der Waals surface area contributed by atoms with Crippen molar-refractivity contribution in [1.82, 2.24) is 5.10 Å². The standard InChI is InChI=1S/C22H16N4O2S/c27-26(28)20-14-11-17(12-15-20)13-16-21-25(19-9-5-2-6-10-19)24-22(29-21)23-18-7-3-1-4-8-18/h1-16H/b16-13+,23-22?. The number of aromatic nitrogens is 2. The van der Waals surface area contributed by atoms with Gasteiger partial charge in [0, 0.05) is 30.3 Å². The summed E-state index contributed by atoms with van der Waals surface area (Å²) in [6.07, 6.45) is 3.85. The minimum absolute atomic E-state index is 0.0724. The van der Waals surface area contributed by atoms with Gasteiger partial charge in [0.15, 0.2) is 0 Å². The maximum Gasteiger partial charge on any atom is 0.274 e. The van der Waals surface area contributed by atoms with Crippen molar-refractivity contribution in [1.29, 1.82) is 0 Å². The Kier molecular flexibility index (Phi) is 5.40. The molecule has 29 heavy (non-hydrogen) atoms. The third-order valence-electron chi connectivity index (χ3n) is 4.09. The molecule has 1 heterocycles. The molecule has 0 bridgehead atoms. The summed E-state index contributed by atoms with van der Waals surface area (Å²) in [6.45, 7) is 0. The second-order valence-corrected chi connectivity index (χ2v) is 7.09. The van der Waals surface area contributed by atoms with E-state index in [-0.39, 0.29) is 5.69 Å². The van der Waals surface area contributed by atoms with E-state index in [1.165, 1.54) is 23.5 Å². The van der Waals surface area contributed by atoms with E-state index in [4.69, 9.17) is 0 Å². The van der Waals surface area contributed by atoms with Crippen molar-refractivity contribution < 1.29 is 9.61 Å². The Morgan fingerprint density at radius 2 is 1.55 bits per heavy atom. The van der Waals surface area contributed by atoms with Gasteiger partial charge in [0.2, 0.25) is 5.69 Å². The summed E-state index contributed by atoms with van der Waals surface area (Å²) >= 11 is 1.47. The SMILES string of the molecule is O=[N+]([O-])c1ccc(/C=C/c2sc(=Nc3ccccc3)[n-][n+]2-c2ccccc2)cc1. The van der Waals surface area contributed by atoms with Crippen LogP contribution in [0.25, 0.3) is 17.8 Å². The molecular weight excluding hydrogens is 384 g/mol. The Bertz CT molecular complexity index is 1210. The first-order valence-corrected chi connectivity index (χ1v) is 9.68. The summed E-state index contributed by atoms with van der Waals surface area (Å²) in [5, 5.41) is 16.4. The largest absolute Gasteiger partial charge is 0.423 e. The number of nitro groups is 1. The highest BCUT2D eigenvalue weighted by Crippen LogP contribution is 2.15. The molecule has 0 N–H and O–H groups in total. The number of nitro benzene ring substituents is 1. The molecular formula is C22H16N4O2S. The summed E-state index contributed by atoms with van der Waals surface area (Å²) in [7, 11) is 0. The number of nitrogens with zero attached hydrogens (tertiary/aromatic N) is 4. The molecule has 0 unspecified atom stereocenters. The molecule has 7 heteroatoms. The van der Waals surface area contributed by atoms with Crippen LogP contribution in [0.4, 0.5) is 11.4 Å². The van der Waals surface area contributed by atoms with Crippen molar-refractivity contribution in [2.24, 2.45) is 4.99 Å². The van der Waals surface area contributed by atoms with E-state index >= 15 is 0 Å². The number of hydrogen-bond acceptors (Lipinski definition) is 4. The zero-order valence-electron chi connectivity index (χ0n) is 15.3. The third kappa shape index (κ3) is 4.53. The first kappa shape index (κ1) is 18.5. The minimum atomic E-state index is -0.405. The molecule has 0 radical (unpaired) electrons. The minimum Gasteiger partial charge on any atom is -0.423 e. The van der Waals surface area contributed by atoms with Gasteiger partial charge in [0.1, 0.15) is 0 Å². The van der Waals surface area contributed by atoms with Crippen LogP contribution < -0.4 is 14.6 Å². The lowest BCUT2D eigenvalue weighted by Gasteiger charge is -1.97. The molecule has 0 aliphatic rings. The van der Waals surface area contributed by atoms with Crippen LogP contribution >= 0.6 is 11.3 Å². The predicted molar refractivity (Wildman–Crippen MR) is 113 cm³/mol. The van der Waals surface area contributed by atoms with E-state index < -0.39 is 4.92 Å². The van der Waals surface area contributed by atoms with Gasteiger partial charge < -0.3 is 4.99 Å². The van der Waals surface area contributed by atoms with Crippen LogP contribution in [-0.4, -0.2) is 4.92 Å². The van der Waals surface area contributed by atoms with Crippen molar-refractivity contribution >= 4 is 34.9 Å². The molecule has 6 nitrogen and oxygen atoms in total. The van der Waals surface area contributed by atoms with Crippen molar-refractivity contribution in [3.8, 4) is 5.69 Å². The Labute approximate surface area is 170 Å². The fraction of sp³-hybridized carbons (Fsp3) is 0. The van der Waals surface area contributed by atoms with E-state index in [9.17, 15) is 10.1 Å². The quantitative estimate of drug-likeness (QED) is 0.285. The van der Waals surface area contributed by atoms with Crippen molar-refractivity contribution in [3.05, 3.63) is 110 Å². The Balaban J connectivity index is 1.73. The molecule has 0 aliphatic heterocycles. The normalized spacial score (nSPS) is 11.8. The van der Waals surface area contributed by atoms with Crippen molar-refractivity contribution in [2.45, 2.75) is 0 Å². The van der Waals surface area contributed by atoms with Crippen LogP contribution in [0.15, 0.2) is 89.9 Å². The van der Waals surface area contributed by atoms with Gasteiger partial charge in [-0.25, -0.2) is 0 Å². The molecule has 0 spiro atoms. The fourth-order valence-corrected chi connectivity index (χ4v) is 3.51. The number of para-hydroxylation sites is 2. The van der Waals surface area contributed by atoms with Crippen LogP contribution in [0.3, 0.4) is 0 Å². The molecule has 4 rings (SSSR count). The zero-order valence-corrected chi connectivity index (χ0v) is 16.1. The van der Waals surface area contributed by atoms with E-state index in [0.717, 1.165) is 21.9 Å². The first-order valence-electron chi connectivity index (χ1n) is 8.87. The Morgan fingerprint density at radius 1 is 0.897 bits per heavy atom. The molecule has 3 aromatic carbocycles. The molecule has 0 saturated heterocycles. The van der Waals surface area contributed by atoms with Gasteiger partial charge >= 0.3 is 0 Å². The lowest BCUT2D eigenvalue weighted by atomic mass is 10.2. The highest BCUT2D eigenvalue weighted by molar-refractivity contribution is 7.09. The van der Waals surface area contributed by atoms with Gasteiger partial charge in [-0.3, -0.25) is 10.1 Å². The van der Waals surface area contributed by atoms with Gasteiger partial charge in [-0.15, -0.1) is 4.68 Å². The summed E-state index contributed by atoms with van der Waals surface area (Å²) in [6, 6.07) is 25.9. The highest BCUT2D eigenvalue weighted by Gasteiger charge is 2.12. The predicted octanol–water partition coefficient (Wildman–Crippen LogP) is 4.29. The van der Waals surface area contributed by atoms with E-state index in [2.05, 4.69) is 10.1 Å². The second-order valence-electron chi connectivity index (χ2n) is 6.10. The smallest absolute Gasteiger partial charge is 0.274 e. The molecule has 1 aromatic heterocycles. The summed E-state index contributed by atoms with van der Waals surface area (Å²) in [4.78, 5) is 15.7. The number of benzene rings is 3. The van der Waals surface area contributed by atoms with Crippen LogP contribution in [0.1, 0.15) is 10.6 Å². The third-order valence-corrected chi connectivity index (χ3v) is 4.97. The monoisotopic (exact) mass is 400 g/mol. The molecule has 0 atom stereocenters. The van der Waals surface area contributed by atoms with Gasteiger partial charge in [0.05, 0.1) is 9.72 Å². The fourth-order valence-electron chi connectivity index (χ4n) is 2.68. The molecule has 0 fully saturated rings. The topological polar surface area (TPSA) is 73.5 Å². The van der Waals surface area contributed by atoms with Gasteiger partial charge in [-0.05, 0) is 29.5 Å². The van der Waals surface area contributed by atoms with Gasteiger partial charge in [0.25, 0.3) is 10.7 Å². The van der Waals surface area contributed by atoms with Crippen LogP contribution in [0.5, 0.6) is 0 Å². The number of hydrogen-bond donors (Lipinski definition) is 0. The summed E-state index contributed by atoms with van der Waals surface area (Å²) in [5.41, 5.74) is 2.71. The van der Waals surface area contributed by atoms with Crippen molar-refractivity contribution in [3.63, 3.8) is 0 Å². The van der Waals surface area contributed by atoms with Gasteiger partial charge in [-0.2, -0.15) is 5.10 Å². The van der Waals surface area contributed by atoms with E-state index in [1.807, 2.05) is 77.5 Å². The first-order chi connectivity index (χ1) is 14.2. The van der Waals surface area contributed by atoms with E-state index in [0.29, 0.717) is 4.80 Å². The number of non-ortho nitro benzene ring substituents is 1. The van der Waals surface area contributed by atoms with Crippen LogP contribution in [0, 0.1) is 10.1 Å². The Morgan fingerprint density at radius 3 is 2.21 bits per heavy atom.